The molecular formula is C15H23N3O2. The van der Waals surface area contributed by atoms with E-state index in [9.17, 15) is 5.11 Å². The van der Waals surface area contributed by atoms with Crippen LogP contribution in [0.5, 0.6) is 0 Å². The fraction of sp³-hybridized carbons (Fsp3) is 0.533. The van der Waals surface area contributed by atoms with Crippen molar-refractivity contribution in [3.8, 4) is 0 Å². The van der Waals surface area contributed by atoms with Crippen LogP contribution >= 0.6 is 0 Å². The molecule has 3 N–H and O–H groups in total. The lowest BCUT2D eigenvalue weighted by Gasteiger charge is -2.10. The van der Waals surface area contributed by atoms with Gasteiger partial charge in [0, 0.05) is 25.9 Å². The minimum atomic E-state index is -0.581. The van der Waals surface area contributed by atoms with Gasteiger partial charge < -0.3 is 20.1 Å². The first-order valence-electron chi connectivity index (χ1n) is 7.06. The number of hydrogen-bond donors (Lipinski definition) is 2. The number of fused-ring (bicyclic) bond motifs is 1. The van der Waals surface area contributed by atoms with Gasteiger partial charge in [-0.25, -0.2) is 4.98 Å². The van der Waals surface area contributed by atoms with Crippen LogP contribution in [-0.4, -0.2) is 28.4 Å². The first kappa shape index (κ1) is 14.8. The molecule has 0 spiro atoms. The van der Waals surface area contributed by atoms with Crippen molar-refractivity contribution in [3.63, 3.8) is 0 Å². The van der Waals surface area contributed by atoms with E-state index in [0.717, 1.165) is 43.4 Å². The van der Waals surface area contributed by atoms with E-state index in [1.807, 2.05) is 18.2 Å². The number of ether oxygens (including phenoxy) is 1. The monoisotopic (exact) mass is 277 g/mol. The number of methoxy groups -OCH3 is 1. The maximum absolute atomic E-state index is 9.88. The molecule has 0 aliphatic rings. The summed E-state index contributed by atoms with van der Waals surface area (Å²) in [5, 5.41) is 9.88. The van der Waals surface area contributed by atoms with E-state index < -0.39 is 6.10 Å². The van der Waals surface area contributed by atoms with E-state index in [-0.39, 0.29) is 0 Å². The molecule has 110 valence electrons. The summed E-state index contributed by atoms with van der Waals surface area (Å²) in [6.07, 6.45) is 2.61. The summed E-state index contributed by atoms with van der Waals surface area (Å²) >= 11 is 0. The third-order valence-electron chi connectivity index (χ3n) is 3.41. The van der Waals surface area contributed by atoms with Crippen molar-refractivity contribution in [2.75, 3.05) is 19.5 Å². The lowest BCUT2D eigenvalue weighted by Crippen LogP contribution is -2.07. The second-order valence-electron chi connectivity index (χ2n) is 5.10. The van der Waals surface area contributed by atoms with Gasteiger partial charge in [0.05, 0.1) is 11.0 Å². The molecule has 0 saturated heterocycles. The smallest absolute Gasteiger partial charge is 0.138 e. The van der Waals surface area contributed by atoms with Crippen LogP contribution in [0.1, 0.15) is 38.1 Å². The largest absolute Gasteiger partial charge is 0.399 e. The van der Waals surface area contributed by atoms with Gasteiger partial charge in [-0.05, 0) is 44.4 Å². The molecule has 1 unspecified atom stereocenters. The summed E-state index contributed by atoms with van der Waals surface area (Å²) in [6, 6.07) is 5.69. The highest BCUT2D eigenvalue weighted by Gasteiger charge is 2.14. The molecule has 2 rings (SSSR count). The van der Waals surface area contributed by atoms with Crippen LogP contribution in [0.15, 0.2) is 18.2 Å². The number of aryl methyl sites for hydroxylation is 1. The molecule has 2 aromatic rings. The molecule has 20 heavy (non-hydrogen) atoms. The standard InChI is InChI=1S/C15H23N3O2/c1-11(19)15-17-13-10-12(16)6-7-14(13)18(15)8-4-3-5-9-20-2/h6-7,10-11,19H,3-5,8-9,16H2,1-2H3. The number of rotatable bonds is 7. The predicted molar refractivity (Wildman–Crippen MR) is 80.5 cm³/mol. The Kier molecular flexibility index (Phi) is 4.98. The molecule has 1 heterocycles. The van der Waals surface area contributed by atoms with Crippen molar-refractivity contribution in [2.45, 2.75) is 38.8 Å². The van der Waals surface area contributed by atoms with Crippen LogP contribution in [0, 0.1) is 0 Å². The molecule has 1 atom stereocenters. The highest BCUT2D eigenvalue weighted by Crippen LogP contribution is 2.23. The van der Waals surface area contributed by atoms with Crippen molar-refractivity contribution in [3.05, 3.63) is 24.0 Å². The fourth-order valence-electron chi connectivity index (χ4n) is 2.41. The predicted octanol–water partition coefficient (Wildman–Crippen LogP) is 2.49. The molecule has 5 heteroatoms. The number of aromatic nitrogens is 2. The lowest BCUT2D eigenvalue weighted by atomic mass is 10.2. The van der Waals surface area contributed by atoms with Crippen LogP contribution < -0.4 is 5.73 Å². The Hall–Kier alpha value is -1.59. The van der Waals surface area contributed by atoms with Gasteiger partial charge in [-0.2, -0.15) is 0 Å². The minimum Gasteiger partial charge on any atom is -0.399 e. The Balaban J connectivity index is 2.18. The van der Waals surface area contributed by atoms with Crippen molar-refractivity contribution < 1.29 is 9.84 Å². The molecule has 5 nitrogen and oxygen atoms in total. The van der Waals surface area contributed by atoms with Crippen LogP contribution in [0.4, 0.5) is 5.69 Å². The van der Waals surface area contributed by atoms with Gasteiger partial charge in [0.1, 0.15) is 11.9 Å². The van der Waals surface area contributed by atoms with Crippen LogP contribution in [0.2, 0.25) is 0 Å². The highest BCUT2D eigenvalue weighted by atomic mass is 16.5. The third-order valence-corrected chi connectivity index (χ3v) is 3.41. The van der Waals surface area contributed by atoms with Crippen molar-refractivity contribution in [1.29, 1.82) is 0 Å². The number of nitrogens with zero attached hydrogens (tertiary/aromatic N) is 2. The van der Waals surface area contributed by atoms with E-state index in [1.54, 1.807) is 14.0 Å². The average molecular weight is 277 g/mol. The topological polar surface area (TPSA) is 73.3 Å². The third kappa shape index (κ3) is 3.29. The maximum Gasteiger partial charge on any atom is 0.138 e. The SMILES string of the molecule is COCCCCCn1c(C(C)O)nc2cc(N)ccc21. The second-order valence-corrected chi connectivity index (χ2v) is 5.10. The van der Waals surface area contributed by atoms with E-state index in [2.05, 4.69) is 9.55 Å². The first-order valence-corrected chi connectivity index (χ1v) is 7.06. The Morgan fingerprint density at radius 3 is 2.85 bits per heavy atom. The van der Waals surface area contributed by atoms with Gasteiger partial charge in [-0.3, -0.25) is 0 Å². The Morgan fingerprint density at radius 1 is 1.35 bits per heavy atom. The summed E-state index contributed by atoms with van der Waals surface area (Å²) in [4.78, 5) is 4.50. The number of hydrogen-bond acceptors (Lipinski definition) is 4. The zero-order valence-electron chi connectivity index (χ0n) is 12.2. The molecule has 0 aliphatic carbocycles. The van der Waals surface area contributed by atoms with Gasteiger partial charge in [0.2, 0.25) is 0 Å². The molecule has 0 radical (unpaired) electrons. The minimum absolute atomic E-state index is 0.581. The average Bonchev–Trinajstić information content (AvgIpc) is 2.76. The summed E-state index contributed by atoms with van der Waals surface area (Å²) in [7, 11) is 1.72. The van der Waals surface area contributed by atoms with E-state index in [4.69, 9.17) is 10.5 Å². The van der Waals surface area contributed by atoms with Crippen LogP contribution in [0.25, 0.3) is 11.0 Å². The van der Waals surface area contributed by atoms with Crippen molar-refractivity contribution >= 4 is 16.7 Å². The fourth-order valence-corrected chi connectivity index (χ4v) is 2.41. The quantitative estimate of drug-likeness (QED) is 0.602. The summed E-state index contributed by atoms with van der Waals surface area (Å²) in [5.74, 6) is 0.706. The number of nitrogen functional groups attached to an aromatic ring is 1. The number of unbranched alkanes of at least 4 members (excludes halogenated alkanes) is 2. The number of nitrogens with two attached hydrogens (primary N) is 1. The van der Waals surface area contributed by atoms with E-state index in [1.165, 1.54) is 0 Å². The first-order chi connectivity index (χ1) is 9.63. The second kappa shape index (κ2) is 6.72. The molecule has 0 bridgehead atoms. The van der Waals surface area contributed by atoms with E-state index in [0.29, 0.717) is 11.5 Å². The van der Waals surface area contributed by atoms with Crippen LogP contribution in [0.3, 0.4) is 0 Å². The Morgan fingerprint density at radius 2 is 2.15 bits per heavy atom. The number of benzene rings is 1. The number of aliphatic hydroxyl groups excluding tert-OH is 1. The number of imidazole rings is 1. The van der Waals surface area contributed by atoms with Gasteiger partial charge in [0.25, 0.3) is 0 Å². The zero-order chi connectivity index (χ0) is 14.5. The molecule has 0 aliphatic heterocycles. The summed E-state index contributed by atoms with van der Waals surface area (Å²) in [5.41, 5.74) is 8.36. The molecular weight excluding hydrogens is 254 g/mol. The van der Waals surface area contributed by atoms with Gasteiger partial charge in [0.15, 0.2) is 0 Å². The lowest BCUT2D eigenvalue weighted by molar-refractivity contribution is 0.182. The molecule has 1 aromatic heterocycles. The molecule has 0 saturated carbocycles. The van der Waals surface area contributed by atoms with Crippen molar-refractivity contribution in [2.24, 2.45) is 0 Å². The summed E-state index contributed by atoms with van der Waals surface area (Å²) < 4.78 is 7.14. The zero-order valence-corrected chi connectivity index (χ0v) is 12.2. The molecule has 0 amide bonds. The summed E-state index contributed by atoms with van der Waals surface area (Å²) in [6.45, 7) is 3.39. The Bertz CT molecular complexity index is 563. The van der Waals surface area contributed by atoms with Crippen molar-refractivity contribution in [1.82, 2.24) is 9.55 Å². The van der Waals surface area contributed by atoms with Gasteiger partial charge in [-0.15, -0.1) is 0 Å². The van der Waals surface area contributed by atoms with Gasteiger partial charge >= 0.3 is 0 Å². The normalized spacial score (nSPS) is 12.9. The van der Waals surface area contributed by atoms with Gasteiger partial charge in [-0.1, -0.05) is 0 Å². The number of anilines is 1. The molecule has 1 aromatic carbocycles. The Labute approximate surface area is 119 Å². The van der Waals surface area contributed by atoms with Crippen LogP contribution in [-0.2, 0) is 11.3 Å². The highest BCUT2D eigenvalue weighted by molar-refractivity contribution is 5.79. The number of aliphatic hydroxyl groups is 1. The van der Waals surface area contributed by atoms with E-state index >= 15 is 0 Å². The molecule has 0 fully saturated rings. The maximum atomic E-state index is 9.88.